The van der Waals surface area contributed by atoms with Crippen LogP contribution in [-0.4, -0.2) is 10.2 Å². The van der Waals surface area contributed by atoms with Gasteiger partial charge in [-0.25, -0.2) is 0 Å². The first-order valence-electron chi connectivity index (χ1n) is 10.9. The number of rotatable bonds is 3. The van der Waals surface area contributed by atoms with Crippen LogP contribution in [0.15, 0.2) is 84.9 Å². The number of aromatic nitrogens is 2. The van der Waals surface area contributed by atoms with E-state index in [9.17, 15) is 0 Å². The molecule has 3 aromatic carbocycles. The Bertz CT molecular complexity index is 1410. The van der Waals surface area contributed by atoms with Gasteiger partial charge in [0.05, 0.1) is 11.4 Å². The van der Waals surface area contributed by atoms with Crippen LogP contribution in [0.2, 0.25) is 0 Å². The van der Waals surface area contributed by atoms with E-state index in [0.29, 0.717) is 0 Å². The van der Waals surface area contributed by atoms with Crippen molar-refractivity contribution in [3.63, 3.8) is 0 Å². The summed E-state index contributed by atoms with van der Waals surface area (Å²) in [6.45, 7) is 8.83. The van der Waals surface area contributed by atoms with Crippen LogP contribution in [0.4, 0.5) is 0 Å². The number of hydrogen-bond donors (Lipinski definition) is 0. The Morgan fingerprint density at radius 1 is 0.688 bits per heavy atom. The van der Waals surface area contributed by atoms with Crippen LogP contribution in [-0.2, 0) is 5.41 Å². The van der Waals surface area contributed by atoms with Crippen molar-refractivity contribution < 1.29 is 0 Å². The lowest BCUT2D eigenvalue weighted by molar-refractivity contribution is 0.596. The first-order chi connectivity index (χ1) is 15.4. The Balaban J connectivity index is 1.62. The zero-order valence-electron chi connectivity index (χ0n) is 18.9. The smallest absolute Gasteiger partial charge is 0.0936 e. The van der Waals surface area contributed by atoms with Gasteiger partial charge < -0.3 is 0 Å². The van der Waals surface area contributed by atoms with Gasteiger partial charge >= 0.3 is 0 Å². The highest BCUT2D eigenvalue weighted by Crippen LogP contribution is 2.38. The molecule has 2 heterocycles. The number of aryl methyl sites for hydroxylation is 1. The maximum absolute atomic E-state index is 4.58. The molecule has 2 nitrogen and oxygen atoms in total. The van der Waals surface area contributed by atoms with E-state index in [1.54, 1.807) is 11.3 Å². The lowest BCUT2D eigenvalue weighted by Crippen LogP contribution is -2.12. The molecular weight excluding hydrogens is 408 g/mol. The molecular formula is C29H26N2S. The second kappa shape index (κ2) is 7.99. The minimum Gasteiger partial charge on any atom is -0.155 e. The average molecular weight is 435 g/mol. The molecule has 0 N–H and O–H groups in total. The molecule has 0 aliphatic heterocycles. The van der Waals surface area contributed by atoms with Crippen LogP contribution in [0.3, 0.4) is 0 Å². The minimum absolute atomic E-state index is 0.0366. The zero-order chi connectivity index (χ0) is 22.3. The van der Waals surface area contributed by atoms with Crippen LogP contribution in [0.5, 0.6) is 0 Å². The van der Waals surface area contributed by atoms with E-state index in [1.807, 2.05) is 6.92 Å². The van der Waals surface area contributed by atoms with Gasteiger partial charge in [0, 0.05) is 20.9 Å². The van der Waals surface area contributed by atoms with Crippen LogP contribution >= 0.6 is 11.3 Å². The molecule has 158 valence electrons. The van der Waals surface area contributed by atoms with E-state index in [2.05, 4.69) is 116 Å². The largest absolute Gasteiger partial charge is 0.155 e. The minimum atomic E-state index is 0.0366. The fourth-order valence-corrected chi connectivity index (χ4v) is 5.24. The Kier molecular flexibility index (Phi) is 5.15. The summed E-state index contributed by atoms with van der Waals surface area (Å²) in [7, 11) is 0. The molecule has 0 radical (unpaired) electrons. The molecule has 0 saturated heterocycles. The molecule has 2 aromatic heterocycles. The summed E-state index contributed by atoms with van der Waals surface area (Å²) in [5.41, 5.74) is 6.73. The normalized spacial score (nSPS) is 11.8. The third-order valence-electron chi connectivity index (χ3n) is 5.87. The van der Waals surface area contributed by atoms with Gasteiger partial charge in [-0.3, -0.25) is 0 Å². The third-order valence-corrected chi connectivity index (χ3v) is 7.04. The third kappa shape index (κ3) is 3.85. The topological polar surface area (TPSA) is 25.8 Å². The molecule has 0 fully saturated rings. The number of benzene rings is 3. The number of nitrogens with zero attached hydrogens (tertiary/aromatic N) is 2. The molecule has 0 saturated carbocycles. The monoisotopic (exact) mass is 434 g/mol. The highest BCUT2D eigenvalue weighted by Gasteiger charge is 2.19. The van der Waals surface area contributed by atoms with Crippen LogP contribution in [0.1, 0.15) is 32.0 Å². The molecule has 0 bridgehead atoms. The zero-order valence-corrected chi connectivity index (χ0v) is 19.7. The van der Waals surface area contributed by atoms with Gasteiger partial charge in [-0.15, -0.1) is 11.3 Å². The lowest BCUT2D eigenvalue weighted by Gasteiger charge is -2.22. The lowest BCUT2D eigenvalue weighted by atomic mass is 9.82. The van der Waals surface area contributed by atoms with Crippen molar-refractivity contribution in [1.82, 2.24) is 10.2 Å². The summed E-state index contributed by atoms with van der Waals surface area (Å²) in [5, 5.41) is 11.7. The van der Waals surface area contributed by atoms with Crippen LogP contribution in [0, 0.1) is 6.92 Å². The van der Waals surface area contributed by atoms with Crippen molar-refractivity contribution in [2.75, 3.05) is 0 Å². The van der Waals surface area contributed by atoms with Crippen LogP contribution < -0.4 is 0 Å². The fourth-order valence-electron chi connectivity index (χ4n) is 4.16. The Labute approximate surface area is 193 Å². The highest BCUT2D eigenvalue weighted by atomic mass is 32.1. The van der Waals surface area contributed by atoms with Gasteiger partial charge in [0.15, 0.2) is 0 Å². The molecule has 0 amide bonds. The quantitative estimate of drug-likeness (QED) is 0.285. The average Bonchev–Trinajstić information content (AvgIpc) is 3.29. The van der Waals surface area contributed by atoms with Gasteiger partial charge in [-0.05, 0) is 64.6 Å². The SMILES string of the molecule is Cc1nnc(-c2cc(C(C)(C)C)c3ccccc3c2)cc1-c1ccc(-c2ccccc2)s1. The summed E-state index contributed by atoms with van der Waals surface area (Å²) in [6, 6.07) is 30.2. The van der Waals surface area contributed by atoms with E-state index < -0.39 is 0 Å². The van der Waals surface area contributed by atoms with Crippen molar-refractivity contribution in [3.8, 4) is 32.1 Å². The number of hydrogen-bond acceptors (Lipinski definition) is 3. The predicted molar refractivity (Wildman–Crippen MR) is 137 cm³/mol. The highest BCUT2D eigenvalue weighted by molar-refractivity contribution is 7.18. The molecule has 0 aliphatic carbocycles. The maximum Gasteiger partial charge on any atom is 0.0936 e. The molecule has 5 aromatic rings. The van der Waals surface area contributed by atoms with Gasteiger partial charge in [-0.2, -0.15) is 10.2 Å². The fraction of sp³-hybridized carbons (Fsp3) is 0.172. The summed E-state index contributed by atoms with van der Waals surface area (Å²) >= 11 is 1.80. The summed E-state index contributed by atoms with van der Waals surface area (Å²) in [4.78, 5) is 2.48. The number of fused-ring (bicyclic) bond motifs is 1. The maximum atomic E-state index is 4.58. The van der Waals surface area contributed by atoms with Crippen molar-refractivity contribution in [3.05, 3.63) is 96.2 Å². The summed E-state index contributed by atoms with van der Waals surface area (Å²) in [5.74, 6) is 0. The number of thiophene rings is 1. The molecule has 0 unspecified atom stereocenters. The Morgan fingerprint density at radius 3 is 2.19 bits per heavy atom. The molecule has 5 rings (SSSR count). The van der Waals surface area contributed by atoms with Gasteiger partial charge in [0.2, 0.25) is 0 Å². The van der Waals surface area contributed by atoms with Crippen molar-refractivity contribution in [2.24, 2.45) is 0 Å². The van der Waals surface area contributed by atoms with Gasteiger partial charge in [0.25, 0.3) is 0 Å². The van der Waals surface area contributed by atoms with Gasteiger partial charge in [-0.1, -0.05) is 75.4 Å². The molecule has 0 aliphatic rings. The Hall–Kier alpha value is -3.30. The predicted octanol–water partition coefficient (Wildman–Crippen LogP) is 8.30. The van der Waals surface area contributed by atoms with Crippen molar-refractivity contribution in [1.29, 1.82) is 0 Å². The second-order valence-corrected chi connectivity index (χ2v) is 10.3. The molecule has 32 heavy (non-hydrogen) atoms. The standard InChI is InChI=1S/C29H26N2S/c1-19-24(28-15-14-27(32-28)20-10-6-5-7-11-20)18-26(31-30-19)22-16-21-12-8-9-13-23(21)25(17-22)29(2,3)4/h5-18H,1-4H3. The molecule has 0 atom stereocenters. The van der Waals surface area contributed by atoms with E-state index in [0.717, 1.165) is 22.5 Å². The van der Waals surface area contributed by atoms with Crippen LogP contribution in [0.25, 0.3) is 42.9 Å². The van der Waals surface area contributed by atoms with Crippen molar-refractivity contribution in [2.45, 2.75) is 33.1 Å². The second-order valence-electron chi connectivity index (χ2n) is 9.25. The Morgan fingerprint density at radius 2 is 1.41 bits per heavy atom. The van der Waals surface area contributed by atoms with E-state index >= 15 is 0 Å². The van der Waals surface area contributed by atoms with E-state index in [4.69, 9.17) is 0 Å². The van der Waals surface area contributed by atoms with Crippen molar-refractivity contribution >= 4 is 22.1 Å². The van der Waals surface area contributed by atoms with Gasteiger partial charge in [0.1, 0.15) is 0 Å². The first kappa shape index (κ1) is 20.6. The molecule has 3 heteroatoms. The van der Waals surface area contributed by atoms with E-state index in [-0.39, 0.29) is 5.41 Å². The van der Waals surface area contributed by atoms with E-state index in [1.165, 1.54) is 31.7 Å². The first-order valence-corrected chi connectivity index (χ1v) is 11.8. The summed E-state index contributed by atoms with van der Waals surface area (Å²) in [6.07, 6.45) is 0. The summed E-state index contributed by atoms with van der Waals surface area (Å²) < 4.78 is 0. The molecule has 0 spiro atoms.